The summed E-state index contributed by atoms with van der Waals surface area (Å²) in [5.41, 5.74) is 4.10. The molecule has 0 radical (unpaired) electrons. The molecule has 0 aliphatic carbocycles. The first-order chi connectivity index (χ1) is 11.8. The highest BCUT2D eigenvalue weighted by atomic mass is 35.5. The topological polar surface area (TPSA) is 13.1 Å². The lowest BCUT2D eigenvalue weighted by Crippen LogP contribution is -1.81. The second kappa shape index (κ2) is 5.12. The van der Waals surface area contributed by atoms with Crippen molar-refractivity contribution in [2.75, 3.05) is 0 Å². The highest BCUT2D eigenvalue weighted by Crippen LogP contribution is 2.38. The summed E-state index contributed by atoms with van der Waals surface area (Å²) in [6.07, 6.45) is 0. The molecule has 0 unspecified atom stereocenters. The summed E-state index contributed by atoms with van der Waals surface area (Å²) in [7, 11) is 0. The number of fused-ring (bicyclic) bond motifs is 4. The molecule has 4 aromatic carbocycles. The van der Waals surface area contributed by atoms with E-state index < -0.39 is 0 Å². The van der Waals surface area contributed by atoms with E-state index in [9.17, 15) is 0 Å². The monoisotopic (exact) mass is 328 g/mol. The first kappa shape index (κ1) is 13.6. The largest absolute Gasteiger partial charge is 0.456 e. The highest BCUT2D eigenvalue weighted by Gasteiger charge is 2.12. The van der Waals surface area contributed by atoms with Gasteiger partial charge in [0.05, 0.1) is 0 Å². The van der Waals surface area contributed by atoms with Gasteiger partial charge in [-0.15, -0.1) is 0 Å². The van der Waals surface area contributed by atoms with Crippen LogP contribution in [0.15, 0.2) is 83.3 Å². The predicted molar refractivity (Wildman–Crippen MR) is 102 cm³/mol. The van der Waals surface area contributed by atoms with Crippen LogP contribution in [0.1, 0.15) is 0 Å². The molecular formula is C22H13ClO. The maximum Gasteiger partial charge on any atom is 0.136 e. The van der Waals surface area contributed by atoms with Crippen LogP contribution < -0.4 is 0 Å². The summed E-state index contributed by atoms with van der Waals surface area (Å²) in [5, 5.41) is 5.37. The minimum Gasteiger partial charge on any atom is -0.456 e. The molecule has 0 atom stereocenters. The molecule has 0 N–H and O–H groups in total. The smallest absolute Gasteiger partial charge is 0.136 e. The van der Waals surface area contributed by atoms with Crippen LogP contribution in [0.5, 0.6) is 0 Å². The van der Waals surface area contributed by atoms with Gasteiger partial charge in [-0.2, -0.15) is 0 Å². The number of furan rings is 1. The molecule has 114 valence electrons. The molecule has 2 heteroatoms. The Balaban J connectivity index is 1.87. The number of hydrogen-bond donors (Lipinski definition) is 0. The van der Waals surface area contributed by atoms with E-state index in [0.717, 1.165) is 27.0 Å². The molecule has 1 nitrogen and oxygen atoms in total. The lowest BCUT2D eigenvalue weighted by Gasteiger charge is -2.06. The minimum absolute atomic E-state index is 0.721. The molecule has 0 saturated heterocycles. The molecule has 0 saturated carbocycles. The average molecular weight is 329 g/mol. The molecule has 0 fully saturated rings. The van der Waals surface area contributed by atoms with E-state index in [1.54, 1.807) is 0 Å². The van der Waals surface area contributed by atoms with E-state index in [4.69, 9.17) is 16.0 Å². The summed E-state index contributed by atoms with van der Waals surface area (Å²) < 4.78 is 6.00. The lowest BCUT2D eigenvalue weighted by atomic mass is 9.97. The number of halogens is 1. The molecule has 0 aliphatic rings. The molecule has 5 rings (SSSR count). The fourth-order valence-corrected chi connectivity index (χ4v) is 3.57. The van der Waals surface area contributed by atoms with Gasteiger partial charge in [-0.05, 0) is 52.2 Å². The van der Waals surface area contributed by atoms with Gasteiger partial charge >= 0.3 is 0 Å². The molecular weight excluding hydrogens is 316 g/mol. The van der Waals surface area contributed by atoms with Crippen LogP contribution in [0.3, 0.4) is 0 Å². The summed E-state index contributed by atoms with van der Waals surface area (Å²) in [6, 6.07) is 26.9. The Morgan fingerprint density at radius 1 is 0.667 bits per heavy atom. The van der Waals surface area contributed by atoms with Gasteiger partial charge in [0.25, 0.3) is 0 Å². The van der Waals surface area contributed by atoms with Crippen molar-refractivity contribution in [2.24, 2.45) is 0 Å². The Morgan fingerprint density at radius 3 is 2.46 bits per heavy atom. The predicted octanol–water partition coefficient (Wildman–Crippen LogP) is 7.06. The van der Waals surface area contributed by atoms with Gasteiger partial charge in [-0.25, -0.2) is 0 Å². The van der Waals surface area contributed by atoms with Crippen LogP contribution in [0.2, 0.25) is 5.02 Å². The Labute approximate surface area is 144 Å². The molecule has 0 aliphatic heterocycles. The molecule has 0 spiro atoms. The van der Waals surface area contributed by atoms with E-state index in [-0.39, 0.29) is 0 Å². The normalized spacial score (nSPS) is 11.5. The lowest BCUT2D eigenvalue weighted by molar-refractivity contribution is 0.669. The van der Waals surface area contributed by atoms with Crippen LogP contribution in [0, 0.1) is 0 Å². The third-order valence-electron chi connectivity index (χ3n) is 4.52. The van der Waals surface area contributed by atoms with Gasteiger partial charge in [-0.3, -0.25) is 0 Å². The van der Waals surface area contributed by atoms with Gasteiger partial charge < -0.3 is 4.42 Å². The molecule has 1 heterocycles. The van der Waals surface area contributed by atoms with Crippen molar-refractivity contribution in [3.8, 4) is 11.1 Å². The van der Waals surface area contributed by atoms with Crippen molar-refractivity contribution in [3.63, 3.8) is 0 Å². The number of rotatable bonds is 1. The second-order valence-corrected chi connectivity index (χ2v) is 6.42. The van der Waals surface area contributed by atoms with Crippen molar-refractivity contribution in [3.05, 3.63) is 83.9 Å². The van der Waals surface area contributed by atoms with Gasteiger partial charge in [0.1, 0.15) is 11.2 Å². The minimum atomic E-state index is 0.721. The highest BCUT2D eigenvalue weighted by molar-refractivity contribution is 6.32. The van der Waals surface area contributed by atoms with Crippen molar-refractivity contribution >= 4 is 44.3 Å². The zero-order valence-corrected chi connectivity index (χ0v) is 13.5. The van der Waals surface area contributed by atoms with Crippen molar-refractivity contribution in [1.29, 1.82) is 0 Å². The Kier molecular flexibility index (Phi) is 2.91. The van der Waals surface area contributed by atoms with E-state index in [1.165, 1.54) is 21.9 Å². The quantitative estimate of drug-likeness (QED) is 0.321. The summed E-state index contributed by atoms with van der Waals surface area (Å²) in [5.74, 6) is 0. The maximum atomic E-state index is 6.21. The standard InChI is InChI=1S/C22H13ClO/c23-17-10-11-20-19(13-17)22-18(6-3-7-21(22)24-20)16-9-8-14-4-1-2-5-15(14)12-16/h1-13H. The molecule has 1 aromatic heterocycles. The zero-order chi connectivity index (χ0) is 16.1. The van der Waals surface area contributed by atoms with Gasteiger partial charge in [-0.1, -0.05) is 60.1 Å². The number of benzene rings is 4. The van der Waals surface area contributed by atoms with Gasteiger partial charge in [0.15, 0.2) is 0 Å². The summed E-state index contributed by atoms with van der Waals surface area (Å²) >= 11 is 6.21. The molecule has 0 bridgehead atoms. The Morgan fingerprint density at radius 2 is 1.54 bits per heavy atom. The van der Waals surface area contributed by atoms with Crippen LogP contribution in [-0.4, -0.2) is 0 Å². The van der Waals surface area contributed by atoms with Gasteiger partial charge in [0.2, 0.25) is 0 Å². The van der Waals surface area contributed by atoms with Gasteiger partial charge in [0, 0.05) is 15.8 Å². The zero-order valence-electron chi connectivity index (χ0n) is 12.8. The van der Waals surface area contributed by atoms with Crippen LogP contribution in [0.25, 0.3) is 43.8 Å². The van der Waals surface area contributed by atoms with Crippen molar-refractivity contribution in [1.82, 2.24) is 0 Å². The maximum absolute atomic E-state index is 6.21. The van der Waals surface area contributed by atoms with E-state index >= 15 is 0 Å². The molecule has 0 amide bonds. The SMILES string of the molecule is Clc1ccc2oc3cccc(-c4ccc5ccccc5c4)c3c2c1. The second-order valence-electron chi connectivity index (χ2n) is 5.98. The summed E-state index contributed by atoms with van der Waals surface area (Å²) in [6.45, 7) is 0. The molecule has 24 heavy (non-hydrogen) atoms. The van der Waals surface area contributed by atoms with Crippen LogP contribution in [-0.2, 0) is 0 Å². The first-order valence-corrected chi connectivity index (χ1v) is 8.27. The van der Waals surface area contributed by atoms with Crippen LogP contribution in [0.4, 0.5) is 0 Å². The van der Waals surface area contributed by atoms with Crippen molar-refractivity contribution < 1.29 is 4.42 Å². The third kappa shape index (κ3) is 2.02. The Bertz CT molecular complexity index is 1220. The van der Waals surface area contributed by atoms with Crippen LogP contribution >= 0.6 is 11.6 Å². The fourth-order valence-electron chi connectivity index (χ4n) is 3.40. The molecule has 5 aromatic rings. The fraction of sp³-hybridized carbons (Fsp3) is 0. The third-order valence-corrected chi connectivity index (χ3v) is 4.75. The Hall–Kier alpha value is -2.77. The van der Waals surface area contributed by atoms with E-state index in [0.29, 0.717) is 0 Å². The summed E-state index contributed by atoms with van der Waals surface area (Å²) in [4.78, 5) is 0. The van der Waals surface area contributed by atoms with E-state index in [2.05, 4.69) is 48.5 Å². The van der Waals surface area contributed by atoms with E-state index in [1.807, 2.05) is 30.3 Å². The van der Waals surface area contributed by atoms with Crippen molar-refractivity contribution in [2.45, 2.75) is 0 Å². The average Bonchev–Trinajstić information content (AvgIpc) is 2.99. The number of hydrogen-bond acceptors (Lipinski definition) is 1. The first-order valence-electron chi connectivity index (χ1n) is 7.89.